The van der Waals surface area contributed by atoms with E-state index in [4.69, 9.17) is 30.7 Å². The van der Waals surface area contributed by atoms with Crippen LogP contribution in [0.4, 0.5) is 10.2 Å². The standard InChI is InChI=1S/C23H24FN6O6P/c1-3-23-12-34-37(32,29-15(21(31)33-4-2)10-14-8-6-5-7-9-14)36-16(23)11-17(35-23)30-13-26-18-19(25)27-22(24)28-20(18)30/h1,5-9,13,15-17H,4,10-12H2,2H3,(H,29,32)(H2,25,27,28)/t15-,16-,17-,23-,37?/m1/s1. The van der Waals surface area contributed by atoms with Crippen molar-refractivity contribution in [1.82, 2.24) is 24.6 Å². The van der Waals surface area contributed by atoms with E-state index in [9.17, 15) is 13.8 Å². The summed E-state index contributed by atoms with van der Waals surface area (Å²) < 4.78 is 51.6. The number of anilines is 1. The number of nitrogens with two attached hydrogens (primary N) is 1. The van der Waals surface area contributed by atoms with E-state index in [0.717, 1.165) is 5.56 Å². The molecule has 0 saturated carbocycles. The molecule has 0 amide bonds. The van der Waals surface area contributed by atoms with Crippen molar-refractivity contribution in [2.75, 3.05) is 18.9 Å². The van der Waals surface area contributed by atoms with Crippen LogP contribution in [0.2, 0.25) is 0 Å². The van der Waals surface area contributed by atoms with Gasteiger partial charge in [0.1, 0.15) is 25.0 Å². The second-order valence-electron chi connectivity index (χ2n) is 8.53. The Kier molecular flexibility index (Phi) is 6.70. The summed E-state index contributed by atoms with van der Waals surface area (Å²) in [6, 6.07) is 8.16. The zero-order valence-corrected chi connectivity index (χ0v) is 20.6. The Bertz CT molecular complexity index is 1410. The molecule has 12 nitrogen and oxygen atoms in total. The van der Waals surface area contributed by atoms with Crippen molar-refractivity contribution < 1.29 is 32.3 Å². The second kappa shape index (κ2) is 9.81. The van der Waals surface area contributed by atoms with Gasteiger partial charge in [0.2, 0.25) is 0 Å². The molecule has 5 atom stereocenters. The van der Waals surface area contributed by atoms with Crippen LogP contribution in [0.5, 0.6) is 0 Å². The van der Waals surface area contributed by atoms with Gasteiger partial charge in [0, 0.05) is 6.42 Å². The average molecular weight is 530 g/mol. The molecule has 0 radical (unpaired) electrons. The fourth-order valence-electron chi connectivity index (χ4n) is 4.37. The number of terminal acetylenes is 1. The molecule has 0 spiro atoms. The van der Waals surface area contributed by atoms with Crippen molar-refractivity contribution in [3.63, 3.8) is 0 Å². The third kappa shape index (κ3) is 4.82. The van der Waals surface area contributed by atoms with Gasteiger partial charge in [-0.25, -0.2) is 14.6 Å². The number of nitrogen functional groups attached to an aromatic ring is 1. The lowest BCUT2D eigenvalue weighted by Crippen LogP contribution is -2.49. The molecule has 2 aromatic heterocycles. The molecule has 3 N–H and O–H groups in total. The molecule has 4 heterocycles. The Balaban J connectivity index is 1.38. The number of hydrogen-bond donors (Lipinski definition) is 2. The summed E-state index contributed by atoms with van der Waals surface area (Å²) in [6.07, 6.45) is 4.74. The number of fused-ring (bicyclic) bond motifs is 2. The number of ether oxygens (including phenoxy) is 2. The van der Waals surface area contributed by atoms with E-state index in [2.05, 4.69) is 26.0 Å². The fourth-order valence-corrected chi connectivity index (χ4v) is 6.10. The second-order valence-corrected chi connectivity index (χ2v) is 10.3. The highest BCUT2D eigenvalue weighted by molar-refractivity contribution is 7.51. The zero-order chi connectivity index (χ0) is 26.2. The molecular weight excluding hydrogens is 506 g/mol. The van der Waals surface area contributed by atoms with Gasteiger partial charge in [-0.2, -0.15) is 14.4 Å². The number of carbonyl (C=O) groups excluding carboxylic acids is 1. The quantitative estimate of drug-likeness (QED) is 0.200. The molecule has 2 aliphatic rings. The smallest absolute Gasteiger partial charge is 0.406 e. The van der Waals surface area contributed by atoms with Gasteiger partial charge in [-0.1, -0.05) is 36.3 Å². The van der Waals surface area contributed by atoms with Crippen molar-refractivity contribution in [2.45, 2.75) is 43.7 Å². The maximum absolute atomic E-state index is 13.8. The van der Waals surface area contributed by atoms with Gasteiger partial charge in [-0.05, 0) is 18.9 Å². The Hall–Kier alpha value is -3.40. The zero-order valence-electron chi connectivity index (χ0n) is 19.7. The number of halogens is 1. The maximum Gasteiger partial charge on any atom is 0.406 e. The lowest BCUT2D eigenvalue weighted by molar-refractivity contribution is -0.145. The van der Waals surface area contributed by atoms with Crippen molar-refractivity contribution in [2.24, 2.45) is 0 Å². The predicted molar refractivity (Wildman–Crippen MR) is 128 cm³/mol. The third-order valence-electron chi connectivity index (χ3n) is 6.14. The van der Waals surface area contributed by atoms with Crippen LogP contribution in [0.25, 0.3) is 11.2 Å². The highest BCUT2D eigenvalue weighted by Gasteiger charge is 2.57. The Morgan fingerprint density at radius 3 is 2.95 bits per heavy atom. The lowest BCUT2D eigenvalue weighted by Gasteiger charge is -2.38. The van der Waals surface area contributed by atoms with Gasteiger partial charge in [0.05, 0.1) is 12.9 Å². The first-order chi connectivity index (χ1) is 17.8. The van der Waals surface area contributed by atoms with Crippen LogP contribution in [-0.2, 0) is 34.3 Å². The summed E-state index contributed by atoms with van der Waals surface area (Å²) in [7, 11) is -4.03. The number of carbonyl (C=O) groups is 1. The largest absolute Gasteiger partial charge is 0.465 e. The van der Waals surface area contributed by atoms with Crippen molar-refractivity contribution >= 4 is 30.7 Å². The molecule has 5 rings (SSSR count). The number of nitrogens with zero attached hydrogens (tertiary/aromatic N) is 4. The predicted octanol–water partition coefficient (Wildman–Crippen LogP) is 2.13. The molecule has 2 aliphatic heterocycles. The highest BCUT2D eigenvalue weighted by Crippen LogP contribution is 2.56. The number of aromatic nitrogens is 4. The van der Waals surface area contributed by atoms with Crippen molar-refractivity contribution in [3.05, 3.63) is 48.3 Å². The normalized spacial score (nSPS) is 27.9. The minimum Gasteiger partial charge on any atom is -0.465 e. The fraction of sp³-hybridized carbons (Fsp3) is 0.391. The van der Waals surface area contributed by atoms with E-state index < -0.39 is 43.8 Å². The molecule has 2 saturated heterocycles. The Morgan fingerprint density at radius 1 is 1.43 bits per heavy atom. The summed E-state index contributed by atoms with van der Waals surface area (Å²) in [6.45, 7) is 1.53. The first-order valence-electron chi connectivity index (χ1n) is 11.5. The molecule has 37 heavy (non-hydrogen) atoms. The summed E-state index contributed by atoms with van der Waals surface area (Å²) in [5, 5.41) is 2.72. The van der Waals surface area contributed by atoms with Gasteiger partial charge in [-0.3, -0.25) is 18.4 Å². The molecule has 2 fully saturated rings. The molecule has 14 heteroatoms. The monoisotopic (exact) mass is 530 g/mol. The van der Waals surface area contributed by atoms with Gasteiger partial charge in [0.25, 0.3) is 0 Å². The minimum atomic E-state index is -4.03. The molecular formula is C23H24FN6O6P. The topological polar surface area (TPSA) is 153 Å². The summed E-state index contributed by atoms with van der Waals surface area (Å²) in [5.74, 6) is 1.81. The molecule has 1 unspecified atom stereocenters. The van der Waals surface area contributed by atoms with Crippen molar-refractivity contribution in [1.29, 1.82) is 0 Å². The highest BCUT2D eigenvalue weighted by atomic mass is 31.2. The number of esters is 1. The SMILES string of the molecule is C#C[C@@]12COP(=O)(N[C@H](Cc3ccccc3)C(=O)OCC)O[C@@H]1C[C@H](n1cnc3c(N)nc(F)nc31)O2. The van der Waals surface area contributed by atoms with Crippen LogP contribution < -0.4 is 10.8 Å². The third-order valence-corrected chi connectivity index (χ3v) is 7.77. The Labute approximate surface area is 211 Å². The molecule has 194 valence electrons. The van der Waals surface area contributed by atoms with E-state index in [0.29, 0.717) is 0 Å². The van der Waals surface area contributed by atoms with Gasteiger partial charge < -0.3 is 15.2 Å². The van der Waals surface area contributed by atoms with E-state index in [1.54, 1.807) is 6.92 Å². The summed E-state index contributed by atoms with van der Waals surface area (Å²) >= 11 is 0. The number of benzene rings is 1. The number of imidazole rings is 1. The summed E-state index contributed by atoms with van der Waals surface area (Å²) in [4.78, 5) is 24.0. The molecule has 0 aliphatic carbocycles. The molecule has 3 aromatic rings. The molecule has 1 aromatic carbocycles. The number of hydrogen-bond acceptors (Lipinski definition) is 10. The van der Waals surface area contributed by atoms with Crippen LogP contribution >= 0.6 is 7.75 Å². The van der Waals surface area contributed by atoms with E-state index in [1.165, 1.54) is 10.9 Å². The van der Waals surface area contributed by atoms with Crippen LogP contribution in [0.15, 0.2) is 36.7 Å². The van der Waals surface area contributed by atoms with Gasteiger partial charge in [0.15, 0.2) is 22.6 Å². The average Bonchev–Trinajstić information content (AvgIpc) is 3.46. The van der Waals surface area contributed by atoms with Crippen LogP contribution in [0, 0.1) is 18.4 Å². The number of rotatable bonds is 7. The van der Waals surface area contributed by atoms with Crippen LogP contribution in [0.1, 0.15) is 25.1 Å². The first-order valence-corrected chi connectivity index (χ1v) is 13.0. The first kappa shape index (κ1) is 25.3. The van der Waals surface area contributed by atoms with Crippen LogP contribution in [0.3, 0.4) is 0 Å². The van der Waals surface area contributed by atoms with E-state index in [1.807, 2.05) is 30.3 Å². The van der Waals surface area contributed by atoms with Crippen LogP contribution in [-0.4, -0.2) is 56.4 Å². The maximum atomic E-state index is 13.8. The summed E-state index contributed by atoms with van der Waals surface area (Å²) in [5.41, 5.74) is 5.47. The minimum absolute atomic E-state index is 0.105. The lowest BCUT2D eigenvalue weighted by atomic mass is 9.99. The van der Waals surface area contributed by atoms with E-state index in [-0.39, 0.29) is 43.0 Å². The molecule has 0 bridgehead atoms. The Morgan fingerprint density at radius 2 is 2.22 bits per heavy atom. The number of nitrogens with one attached hydrogen (secondary N) is 1. The van der Waals surface area contributed by atoms with Crippen molar-refractivity contribution in [3.8, 4) is 12.3 Å². The van der Waals surface area contributed by atoms with Gasteiger partial charge >= 0.3 is 19.8 Å². The van der Waals surface area contributed by atoms with E-state index >= 15 is 0 Å². The van der Waals surface area contributed by atoms with Gasteiger partial charge in [-0.15, -0.1) is 6.42 Å².